The van der Waals surface area contributed by atoms with E-state index in [4.69, 9.17) is 22.4 Å². The Morgan fingerprint density at radius 3 is 2.62 bits per heavy atom. The third-order valence-corrected chi connectivity index (χ3v) is 3.92. The standard InChI is InChI=1S/C16H15ClN6O3/c1-8(15(25)26)20-13-11-14(22-16(17)21-13)23(7-19-11)6-9-2-4-10(5-3-9)12(18)24/h2-5,7-8H,6H2,1H3,(H2,18,24)(H,25,26)(H,20,21,22). The molecule has 3 aromatic rings. The van der Waals surface area contributed by atoms with Crippen molar-refractivity contribution in [2.45, 2.75) is 19.5 Å². The van der Waals surface area contributed by atoms with Gasteiger partial charge < -0.3 is 20.7 Å². The number of carboxylic acids is 1. The van der Waals surface area contributed by atoms with E-state index in [1.807, 2.05) is 0 Å². The Morgan fingerprint density at radius 1 is 1.31 bits per heavy atom. The van der Waals surface area contributed by atoms with Crippen molar-refractivity contribution in [3.8, 4) is 0 Å². The van der Waals surface area contributed by atoms with Crippen molar-refractivity contribution in [3.05, 3.63) is 47.0 Å². The highest BCUT2D eigenvalue weighted by atomic mass is 35.5. The normalized spacial score (nSPS) is 12.1. The van der Waals surface area contributed by atoms with Crippen LogP contribution in [0.25, 0.3) is 11.2 Å². The number of aromatic nitrogens is 4. The molecule has 0 bridgehead atoms. The summed E-state index contributed by atoms with van der Waals surface area (Å²) >= 11 is 5.97. The average molecular weight is 375 g/mol. The van der Waals surface area contributed by atoms with Gasteiger partial charge >= 0.3 is 5.97 Å². The van der Waals surface area contributed by atoms with Crippen LogP contribution in [0.2, 0.25) is 5.28 Å². The van der Waals surface area contributed by atoms with Gasteiger partial charge in [-0.25, -0.2) is 4.98 Å². The molecular formula is C16H15ClN6O3. The molecule has 134 valence electrons. The monoisotopic (exact) mass is 374 g/mol. The Hall–Kier alpha value is -3.20. The van der Waals surface area contributed by atoms with E-state index in [0.29, 0.717) is 23.3 Å². The quantitative estimate of drug-likeness (QED) is 0.556. The van der Waals surface area contributed by atoms with Gasteiger partial charge in [0.25, 0.3) is 0 Å². The van der Waals surface area contributed by atoms with Crippen LogP contribution in [0.3, 0.4) is 0 Å². The molecule has 1 unspecified atom stereocenters. The fraction of sp³-hybridized carbons (Fsp3) is 0.188. The van der Waals surface area contributed by atoms with Crippen molar-refractivity contribution in [1.82, 2.24) is 19.5 Å². The van der Waals surface area contributed by atoms with Gasteiger partial charge in [0, 0.05) is 5.56 Å². The number of carbonyl (C=O) groups is 2. The summed E-state index contributed by atoms with van der Waals surface area (Å²) in [5, 5.41) is 11.8. The van der Waals surface area contributed by atoms with Gasteiger partial charge in [0.2, 0.25) is 11.2 Å². The number of nitrogens with zero attached hydrogens (tertiary/aromatic N) is 4. The molecule has 4 N–H and O–H groups in total. The molecule has 3 rings (SSSR count). The number of anilines is 1. The summed E-state index contributed by atoms with van der Waals surface area (Å²) in [5.41, 5.74) is 7.43. The molecule has 1 amide bonds. The fourth-order valence-electron chi connectivity index (χ4n) is 2.37. The molecule has 9 nitrogen and oxygen atoms in total. The van der Waals surface area contributed by atoms with E-state index in [2.05, 4.69) is 20.3 Å². The smallest absolute Gasteiger partial charge is 0.325 e. The summed E-state index contributed by atoms with van der Waals surface area (Å²) < 4.78 is 1.75. The van der Waals surface area contributed by atoms with Crippen LogP contribution in [0.4, 0.5) is 5.82 Å². The van der Waals surface area contributed by atoms with Crippen molar-refractivity contribution in [3.63, 3.8) is 0 Å². The lowest BCUT2D eigenvalue weighted by atomic mass is 10.1. The molecule has 2 heterocycles. The number of carboxylic acid groups (broad SMARTS) is 1. The SMILES string of the molecule is CC(Nc1nc(Cl)nc2c1ncn2Cc1ccc(C(N)=O)cc1)C(=O)O. The third kappa shape index (κ3) is 3.57. The van der Waals surface area contributed by atoms with Crippen LogP contribution in [0.1, 0.15) is 22.8 Å². The molecule has 0 saturated carbocycles. The Morgan fingerprint density at radius 2 is 2.00 bits per heavy atom. The molecule has 1 atom stereocenters. The number of fused-ring (bicyclic) bond motifs is 1. The zero-order chi connectivity index (χ0) is 18.8. The van der Waals surface area contributed by atoms with Gasteiger partial charge in [-0.1, -0.05) is 12.1 Å². The van der Waals surface area contributed by atoms with Crippen LogP contribution >= 0.6 is 11.6 Å². The van der Waals surface area contributed by atoms with Gasteiger partial charge in [-0.05, 0) is 36.2 Å². The lowest BCUT2D eigenvalue weighted by Gasteiger charge is -2.11. The Bertz CT molecular complexity index is 986. The van der Waals surface area contributed by atoms with Crippen LogP contribution in [0, 0.1) is 0 Å². The molecule has 10 heteroatoms. The Balaban J connectivity index is 1.94. The molecular weight excluding hydrogens is 360 g/mol. The van der Waals surface area contributed by atoms with Gasteiger partial charge in [-0.2, -0.15) is 9.97 Å². The van der Waals surface area contributed by atoms with Crippen LogP contribution in [-0.2, 0) is 11.3 Å². The molecule has 1 aromatic carbocycles. The highest BCUT2D eigenvalue weighted by Crippen LogP contribution is 2.22. The maximum atomic E-state index is 11.1. The number of nitrogens with two attached hydrogens (primary N) is 1. The van der Waals surface area contributed by atoms with Gasteiger partial charge in [-0.15, -0.1) is 0 Å². The van der Waals surface area contributed by atoms with E-state index in [9.17, 15) is 9.59 Å². The van der Waals surface area contributed by atoms with Crippen molar-refractivity contribution in [2.24, 2.45) is 5.73 Å². The summed E-state index contributed by atoms with van der Waals surface area (Å²) in [6.07, 6.45) is 1.56. The van der Waals surface area contributed by atoms with Gasteiger partial charge in [0.15, 0.2) is 17.0 Å². The van der Waals surface area contributed by atoms with Crippen LogP contribution < -0.4 is 11.1 Å². The number of aliphatic carboxylic acids is 1. The van der Waals surface area contributed by atoms with Crippen molar-refractivity contribution in [1.29, 1.82) is 0 Å². The summed E-state index contributed by atoms with van der Waals surface area (Å²) in [6.45, 7) is 1.91. The lowest BCUT2D eigenvalue weighted by molar-refractivity contribution is -0.137. The van der Waals surface area contributed by atoms with Crippen LogP contribution in [0.5, 0.6) is 0 Å². The number of primary amides is 1. The van der Waals surface area contributed by atoms with Gasteiger partial charge in [0.1, 0.15) is 6.04 Å². The second-order valence-electron chi connectivity index (χ2n) is 5.65. The van der Waals surface area contributed by atoms with Crippen molar-refractivity contribution >= 4 is 40.5 Å². The summed E-state index contributed by atoms with van der Waals surface area (Å²) in [5.74, 6) is -1.27. The molecule has 0 saturated heterocycles. The maximum Gasteiger partial charge on any atom is 0.325 e. The molecule has 0 aliphatic heterocycles. The first-order chi connectivity index (χ1) is 12.3. The number of carbonyl (C=O) groups excluding carboxylic acids is 1. The highest BCUT2D eigenvalue weighted by molar-refractivity contribution is 6.28. The van der Waals surface area contributed by atoms with E-state index >= 15 is 0 Å². The number of hydrogen-bond acceptors (Lipinski definition) is 6. The fourth-order valence-corrected chi connectivity index (χ4v) is 2.54. The molecule has 0 fully saturated rings. The highest BCUT2D eigenvalue weighted by Gasteiger charge is 2.17. The molecule has 0 aliphatic carbocycles. The molecule has 0 radical (unpaired) electrons. The third-order valence-electron chi connectivity index (χ3n) is 3.75. The lowest BCUT2D eigenvalue weighted by Crippen LogP contribution is -2.26. The number of imidazole rings is 1. The summed E-state index contributed by atoms with van der Waals surface area (Å²) in [7, 11) is 0. The summed E-state index contributed by atoms with van der Waals surface area (Å²) in [6, 6.07) is 5.97. The van der Waals surface area contributed by atoms with Crippen LogP contribution in [-0.4, -0.2) is 42.5 Å². The minimum Gasteiger partial charge on any atom is -0.480 e. The van der Waals surface area contributed by atoms with E-state index in [0.717, 1.165) is 5.56 Å². The predicted molar refractivity (Wildman–Crippen MR) is 95.1 cm³/mol. The first-order valence-electron chi connectivity index (χ1n) is 7.61. The number of rotatable bonds is 6. The Labute approximate surface area is 152 Å². The van der Waals surface area contributed by atoms with E-state index < -0.39 is 17.9 Å². The number of halogens is 1. The molecule has 0 aliphatic rings. The molecule has 0 spiro atoms. The topological polar surface area (TPSA) is 136 Å². The molecule has 2 aromatic heterocycles. The average Bonchev–Trinajstić information content (AvgIpc) is 2.98. The zero-order valence-corrected chi connectivity index (χ0v) is 14.4. The second-order valence-corrected chi connectivity index (χ2v) is 5.99. The van der Waals surface area contributed by atoms with Crippen molar-refractivity contribution < 1.29 is 14.7 Å². The van der Waals surface area contributed by atoms with E-state index in [1.165, 1.54) is 6.92 Å². The van der Waals surface area contributed by atoms with Crippen molar-refractivity contribution in [2.75, 3.05) is 5.32 Å². The van der Waals surface area contributed by atoms with Gasteiger partial charge in [0.05, 0.1) is 12.9 Å². The minimum atomic E-state index is -1.03. The summed E-state index contributed by atoms with van der Waals surface area (Å²) in [4.78, 5) is 34.7. The number of nitrogens with one attached hydrogen (secondary N) is 1. The number of benzene rings is 1. The minimum absolute atomic E-state index is 0.0246. The second kappa shape index (κ2) is 6.96. The zero-order valence-electron chi connectivity index (χ0n) is 13.7. The Kier molecular flexibility index (Phi) is 4.72. The van der Waals surface area contributed by atoms with Crippen LogP contribution in [0.15, 0.2) is 30.6 Å². The first kappa shape index (κ1) is 17.6. The van der Waals surface area contributed by atoms with E-state index in [-0.39, 0.29) is 11.1 Å². The predicted octanol–water partition coefficient (Wildman–Crippen LogP) is 1.51. The maximum absolute atomic E-state index is 11.1. The molecule has 26 heavy (non-hydrogen) atoms. The van der Waals surface area contributed by atoms with E-state index in [1.54, 1.807) is 35.2 Å². The van der Waals surface area contributed by atoms with Gasteiger partial charge in [-0.3, -0.25) is 9.59 Å². The number of amides is 1. The number of hydrogen-bond donors (Lipinski definition) is 3. The largest absolute Gasteiger partial charge is 0.480 e. The first-order valence-corrected chi connectivity index (χ1v) is 7.99.